The van der Waals surface area contributed by atoms with Gasteiger partial charge in [-0.2, -0.15) is 0 Å². The number of nitrogens with one attached hydrogen (secondary N) is 1. The summed E-state index contributed by atoms with van der Waals surface area (Å²) in [5.41, 5.74) is 1.91. The smallest absolute Gasteiger partial charge is 0.254 e. The highest BCUT2D eigenvalue weighted by atomic mass is 35.5. The third-order valence-corrected chi connectivity index (χ3v) is 6.52. The molecule has 0 bridgehead atoms. The normalized spacial score (nSPS) is 19.7. The number of thioether (sulfide) groups is 1. The number of aromatic nitrogens is 1. The van der Waals surface area contributed by atoms with Crippen molar-refractivity contribution in [1.29, 1.82) is 0 Å². The molecular formula is C21H24ClN4OS2+. The standard InChI is InChI=1S/C21H23ClN4OS2/c1-14(2)18-21(29-17-8-4-7-16(22)10-17)26(13-25-18,20(27)19(28)23-3)12-15-6-5-9-24-11-15/h4-11,13-14,20,27H,12H2,1-3H3/p+1. The summed E-state index contributed by atoms with van der Waals surface area (Å²) in [6.07, 6.45) is 4.34. The molecule has 8 heteroatoms. The van der Waals surface area contributed by atoms with E-state index in [0.717, 1.165) is 21.2 Å². The highest BCUT2D eigenvalue weighted by Crippen LogP contribution is 2.44. The molecule has 152 valence electrons. The lowest BCUT2D eigenvalue weighted by molar-refractivity contribution is -0.839. The number of hydrogen-bond donors (Lipinski definition) is 2. The second-order valence-corrected chi connectivity index (χ2v) is 9.03. The monoisotopic (exact) mass is 447 g/mol. The average molecular weight is 448 g/mol. The number of aliphatic hydroxyl groups is 1. The number of aliphatic hydroxyl groups excluding tert-OH is 1. The van der Waals surface area contributed by atoms with E-state index in [4.69, 9.17) is 28.8 Å². The zero-order chi connectivity index (χ0) is 21.0. The van der Waals surface area contributed by atoms with Crippen LogP contribution in [0.3, 0.4) is 0 Å². The summed E-state index contributed by atoms with van der Waals surface area (Å²) in [5, 5.41) is 15.8. The van der Waals surface area contributed by atoms with Crippen molar-refractivity contribution in [3.05, 3.63) is 70.1 Å². The van der Waals surface area contributed by atoms with E-state index >= 15 is 0 Å². The van der Waals surface area contributed by atoms with Crippen molar-refractivity contribution in [3.8, 4) is 0 Å². The van der Waals surface area contributed by atoms with Crippen LogP contribution in [0.4, 0.5) is 0 Å². The van der Waals surface area contributed by atoms with Crippen LogP contribution in [0, 0.1) is 5.92 Å². The number of pyridine rings is 1. The van der Waals surface area contributed by atoms with Gasteiger partial charge < -0.3 is 10.4 Å². The second-order valence-electron chi connectivity index (χ2n) is 7.09. The average Bonchev–Trinajstić information content (AvgIpc) is 3.06. The van der Waals surface area contributed by atoms with Crippen LogP contribution in [0.2, 0.25) is 5.02 Å². The molecule has 1 aromatic carbocycles. The lowest BCUT2D eigenvalue weighted by atomic mass is 10.1. The number of benzene rings is 1. The van der Waals surface area contributed by atoms with Gasteiger partial charge in [-0.1, -0.05) is 49.8 Å². The minimum absolute atomic E-state index is 0.0794. The summed E-state index contributed by atoms with van der Waals surface area (Å²) in [6.45, 7) is 4.66. The maximum absolute atomic E-state index is 11.3. The first-order valence-electron chi connectivity index (χ1n) is 9.26. The van der Waals surface area contributed by atoms with Crippen LogP contribution in [-0.4, -0.2) is 39.2 Å². The maximum atomic E-state index is 11.3. The molecule has 0 saturated carbocycles. The lowest BCUT2D eigenvalue weighted by Crippen LogP contribution is -2.56. The Bertz CT molecular complexity index is 949. The topological polar surface area (TPSA) is 57.5 Å². The van der Waals surface area contributed by atoms with Crippen molar-refractivity contribution in [2.75, 3.05) is 7.05 Å². The molecule has 3 rings (SSSR count). The Balaban J connectivity index is 2.13. The number of halogens is 1. The number of aliphatic imine (C=N–C) groups is 1. The van der Waals surface area contributed by atoms with Crippen LogP contribution in [0.15, 0.2) is 69.4 Å². The number of allylic oxidation sites excluding steroid dienone is 1. The Morgan fingerprint density at radius 1 is 1.31 bits per heavy atom. The number of thiocarbonyl (C=S) groups is 1. The molecule has 1 aromatic heterocycles. The van der Waals surface area contributed by atoms with E-state index in [1.165, 1.54) is 0 Å². The molecule has 2 aromatic rings. The minimum Gasteiger partial charge on any atom is -0.376 e. The Hall–Kier alpha value is -1.77. The molecule has 2 heterocycles. The van der Waals surface area contributed by atoms with Gasteiger partial charge in [-0.05, 0) is 36.0 Å². The Morgan fingerprint density at radius 2 is 2.10 bits per heavy atom. The quantitative estimate of drug-likeness (QED) is 0.480. The largest absolute Gasteiger partial charge is 0.376 e. The maximum Gasteiger partial charge on any atom is 0.254 e. The second kappa shape index (κ2) is 9.36. The zero-order valence-corrected chi connectivity index (χ0v) is 18.9. The first-order chi connectivity index (χ1) is 13.9. The molecule has 0 amide bonds. The van der Waals surface area contributed by atoms with Gasteiger partial charge >= 0.3 is 0 Å². The highest BCUT2D eigenvalue weighted by Gasteiger charge is 2.48. The molecule has 1 aliphatic rings. The molecule has 0 saturated heterocycles. The molecular weight excluding hydrogens is 424 g/mol. The SMILES string of the molecule is CNC(=S)C(O)[N+]1(Cc2cccnc2)C=NC(C(C)C)=C1Sc1cccc(Cl)c1. The van der Waals surface area contributed by atoms with Crippen LogP contribution in [0.25, 0.3) is 0 Å². The van der Waals surface area contributed by atoms with Crippen molar-refractivity contribution in [2.24, 2.45) is 10.9 Å². The molecule has 0 fully saturated rings. The van der Waals surface area contributed by atoms with E-state index in [2.05, 4.69) is 24.1 Å². The van der Waals surface area contributed by atoms with Crippen LogP contribution in [0.5, 0.6) is 0 Å². The van der Waals surface area contributed by atoms with Gasteiger partial charge in [-0.3, -0.25) is 4.98 Å². The number of quaternary nitrogens is 1. The zero-order valence-electron chi connectivity index (χ0n) is 16.5. The first-order valence-corrected chi connectivity index (χ1v) is 10.9. The van der Waals surface area contributed by atoms with Gasteiger partial charge in [0.2, 0.25) is 5.03 Å². The molecule has 5 nitrogen and oxygen atoms in total. The van der Waals surface area contributed by atoms with E-state index in [9.17, 15) is 5.11 Å². The molecule has 29 heavy (non-hydrogen) atoms. The van der Waals surface area contributed by atoms with Gasteiger partial charge in [0.25, 0.3) is 6.23 Å². The number of nitrogens with zero attached hydrogens (tertiary/aromatic N) is 3. The molecule has 2 N–H and O–H groups in total. The number of likely N-dealkylation sites (N-methyl/N-ethyl adjacent to an activating group) is 1. The van der Waals surface area contributed by atoms with E-state index < -0.39 is 6.23 Å². The van der Waals surface area contributed by atoms with Gasteiger partial charge in [0.1, 0.15) is 12.2 Å². The van der Waals surface area contributed by atoms with E-state index in [0.29, 0.717) is 16.6 Å². The molecule has 1 aliphatic heterocycles. The van der Waals surface area contributed by atoms with E-state index in [1.807, 2.05) is 36.4 Å². The fourth-order valence-corrected chi connectivity index (χ4v) is 4.94. The fraction of sp³-hybridized carbons (Fsp3) is 0.286. The van der Waals surface area contributed by atoms with E-state index in [1.54, 1.807) is 37.5 Å². The van der Waals surface area contributed by atoms with Gasteiger partial charge in [0.15, 0.2) is 11.3 Å². The fourth-order valence-electron chi connectivity index (χ4n) is 3.17. The Kier molecular flexibility index (Phi) is 7.08. The summed E-state index contributed by atoms with van der Waals surface area (Å²) in [5.74, 6) is 0.178. The molecule has 2 unspecified atom stereocenters. The molecule has 0 spiro atoms. The predicted molar refractivity (Wildman–Crippen MR) is 124 cm³/mol. The first kappa shape index (κ1) is 21.9. The van der Waals surface area contributed by atoms with Crippen LogP contribution < -0.4 is 5.32 Å². The van der Waals surface area contributed by atoms with Gasteiger partial charge in [0, 0.05) is 40.8 Å². The van der Waals surface area contributed by atoms with Crippen molar-refractivity contribution in [3.63, 3.8) is 0 Å². The highest BCUT2D eigenvalue weighted by molar-refractivity contribution is 8.03. The summed E-state index contributed by atoms with van der Waals surface area (Å²) >= 11 is 13.2. The van der Waals surface area contributed by atoms with Gasteiger partial charge in [-0.15, -0.1) is 0 Å². The summed E-state index contributed by atoms with van der Waals surface area (Å²) in [6, 6.07) is 11.6. The van der Waals surface area contributed by atoms with Gasteiger partial charge in [0.05, 0.1) is 0 Å². The van der Waals surface area contributed by atoms with Crippen molar-refractivity contribution in [2.45, 2.75) is 31.5 Å². The van der Waals surface area contributed by atoms with Crippen molar-refractivity contribution >= 4 is 46.9 Å². The number of hydrogen-bond acceptors (Lipinski definition) is 5. The van der Waals surface area contributed by atoms with Crippen molar-refractivity contribution < 1.29 is 9.59 Å². The minimum atomic E-state index is -0.989. The van der Waals surface area contributed by atoms with Crippen LogP contribution >= 0.6 is 35.6 Å². The van der Waals surface area contributed by atoms with Crippen LogP contribution in [-0.2, 0) is 6.54 Å². The molecule has 2 atom stereocenters. The molecule has 0 radical (unpaired) electrons. The predicted octanol–water partition coefficient (Wildman–Crippen LogP) is 4.58. The third-order valence-electron chi connectivity index (χ3n) is 4.64. The third kappa shape index (κ3) is 4.70. The summed E-state index contributed by atoms with van der Waals surface area (Å²) < 4.78 is 0.0794. The molecule has 0 aliphatic carbocycles. The lowest BCUT2D eigenvalue weighted by Gasteiger charge is -2.36. The van der Waals surface area contributed by atoms with Crippen molar-refractivity contribution in [1.82, 2.24) is 10.3 Å². The summed E-state index contributed by atoms with van der Waals surface area (Å²) in [7, 11) is 1.72. The van der Waals surface area contributed by atoms with E-state index in [-0.39, 0.29) is 10.4 Å². The van der Waals surface area contributed by atoms with Crippen LogP contribution in [0.1, 0.15) is 19.4 Å². The van der Waals surface area contributed by atoms with Gasteiger partial charge in [-0.25, -0.2) is 9.48 Å². The Labute approximate surface area is 186 Å². The Morgan fingerprint density at radius 3 is 2.72 bits per heavy atom. The number of rotatable bonds is 7. The summed E-state index contributed by atoms with van der Waals surface area (Å²) in [4.78, 5) is 10.3.